The molecule has 6 atom stereocenters. The maximum absolute atomic E-state index is 14.8. The van der Waals surface area contributed by atoms with Gasteiger partial charge in [0.25, 0.3) is 5.91 Å². The Balaban J connectivity index is 1.20. The summed E-state index contributed by atoms with van der Waals surface area (Å²) in [6, 6.07) is 12.9. The van der Waals surface area contributed by atoms with E-state index in [9.17, 15) is 37.2 Å². The summed E-state index contributed by atoms with van der Waals surface area (Å²) in [6.45, 7) is 8.48. The summed E-state index contributed by atoms with van der Waals surface area (Å²) in [4.78, 5) is 86.8. The van der Waals surface area contributed by atoms with E-state index < -0.39 is 92.3 Å². The number of hydrogen-bond acceptors (Lipinski definition) is 13. The molecule has 19 heteroatoms. The summed E-state index contributed by atoms with van der Waals surface area (Å²) in [5.74, 6) is -3.30. The normalized spacial score (nSPS) is 23.5. The molecule has 1 aromatic heterocycles. The van der Waals surface area contributed by atoms with Crippen LogP contribution in [0.2, 0.25) is 0 Å². The molecule has 2 saturated heterocycles. The number of methoxy groups -OCH3 is 1. The topological polar surface area (TPSA) is 238 Å². The van der Waals surface area contributed by atoms with Crippen molar-refractivity contribution in [2.75, 3.05) is 20.3 Å². The summed E-state index contributed by atoms with van der Waals surface area (Å²) < 4.78 is 50.1. The van der Waals surface area contributed by atoms with Gasteiger partial charge < -0.3 is 39.8 Å². The Kier molecular flexibility index (Phi) is 12.2. The van der Waals surface area contributed by atoms with E-state index >= 15 is 0 Å². The molecule has 4 fully saturated rings. The lowest BCUT2D eigenvalue weighted by atomic mass is 10.1. The Morgan fingerprint density at radius 3 is 2.44 bits per heavy atom. The third-order valence-electron chi connectivity index (χ3n) is 11.1. The molecule has 330 valence electrons. The zero-order valence-electron chi connectivity index (χ0n) is 34.8. The van der Waals surface area contributed by atoms with Crippen LogP contribution >= 0.6 is 0 Å². The summed E-state index contributed by atoms with van der Waals surface area (Å²) in [6.07, 6.45) is -0.140. The number of aromatic nitrogens is 1. The third-order valence-corrected chi connectivity index (χ3v) is 12.9. The first-order valence-electron chi connectivity index (χ1n) is 20.4. The van der Waals surface area contributed by atoms with E-state index in [0.717, 1.165) is 5.56 Å². The van der Waals surface area contributed by atoms with Crippen LogP contribution in [-0.2, 0) is 43.5 Å². The molecule has 2 aliphatic carbocycles. The van der Waals surface area contributed by atoms with E-state index in [1.165, 1.54) is 18.1 Å². The Morgan fingerprint density at radius 2 is 1.82 bits per heavy atom. The van der Waals surface area contributed by atoms with E-state index in [2.05, 4.69) is 27.3 Å². The van der Waals surface area contributed by atoms with Gasteiger partial charge in [0.15, 0.2) is 6.04 Å². The maximum Gasteiger partial charge on any atom is 0.408 e. The highest BCUT2D eigenvalue weighted by Crippen LogP contribution is 2.45. The number of rotatable bonds is 16. The minimum Gasteiger partial charge on any atom is -0.497 e. The van der Waals surface area contributed by atoms with Crippen LogP contribution in [0.15, 0.2) is 67.3 Å². The van der Waals surface area contributed by atoms with Crippen LogP contribution in [0.25, 0.3) is 22.2 Å². The van der Waals surface area contributed by atoms with Crippen LogP contribution in [0.1, 0.15) is 59.3 Å². The zero-order valence-corrected chi connectivity index (χ0v) is 35.6. The van der Waals surface area contributed by atoms with Crippen LogP contribution in [0.4, 0.5) is 4.79 Å². The van der Waals surface area contributed by atoms with Gasteiger partial charge in [0.05, 0.1) is 30.1 Å². The third kappa shape index (κ3) is 9.77. The van der Waals surface area contributed by atoms with Crippen molar-refractivity contribution in [2.24, 2.45) is 5.92 Å². The number of sulfonamides is 1. The quantitative estimate of drug-likeness (QED) is 0.120. The molecule has 7 rings (SSSR count). The lowest BCUT2D eigenvalue weighted by Crippen LogP contribution is -2.58. The van der Waals surface area contributed by atoms with E-state index in [1.807, 2.05) is 30.3 Å². The first-order valence-corrected chi connectivity index (χ1v) is 21.9. The number of carbonyl (C=O) groups is 6. The number of fused-ring (bicyclic) bond motifs is 1. The van der Waals surface area contributed by atoms with Crippen molar-refractivity contribution < 1.29 is 56.1 Å². The lowest BCUT2D eigenvalue weighted by molar-refractivity contribution is -0.164. The fraction of sp³-hybridized carbons (Fsp3) is 0.465. The first-order chi connectivity index (χ1) is 29.4. The SMILES string of the molecule is C=C[C@@H]1C[C@]1(NC(=O)[C@@H]1CC(Oc2cc(-c3ccccc3)nc3cc(OC)ccc23)CN1C(=O)[C@H](CCC(=O)N[C@H]1COC1=O)NC(=O)OC(C)(C)C)C(=O)NS(=O)(=O)C1CC1. The van der Waals surface area contributed by atoms with Gasteiger partial charge in [0.2, 0.25) is 27.7 Å². The number of nitrogens with one attached hydrogen (secondary N) is 4. The van der Waals surface area contributed by atoms with Crippen LogP contribution in [0.3, 0.4) is 0 Å². The fourth-order valence-electron chi connectivity index (χ4n) is 7.52. The van der Waals surface area contributed by atoms with Gasteiger partial charge in [-0.1, -0.05) is 36.4 Å². The maximum atomic E-state index is 14.8. The number of likely N-dealkylation sites (tertiary alicyclic amines) is 1. The Labute approximate surface area is 358 Å². The van der Waals surface area contributed by atoms with Crippen molar-refractivity contribution in [3.8, 4) is 22.8 Å². The predicted octanol–water partition coefficient (Wildman–Crippen LogP) is 2.64. The second-order valence-corrected chi connectivity index (χ2v) is 18.9. The van der Waals surface area contributed by atoms with Crippen LogP contribution in [0, 0.1) is 5.92 Å². The van der Waals surface area contributed by atoms with E-state index in [0.29, 0.717) is 40.9 Å². The minimum atomic E-state index is -3.98. The van der Waals surface area contributed by atoms with Gasteiger partial charge in [-0.25, -0.2) is 23.0 Å². The molecule has 0 bridgehead atoms. The summed E-state index contributed by atoms with van der Waals surface area (Å²) >= 11 is 0. The average Bonchev–Trinajstić information content (AvgIpc) is 4.16. The van der Waals surface area contributed by atoms with Gasteiger partial charge in [-0.15, -0.1) is 6.58 Å². The van der Waals surface area contributed by atoms with E-state index in [1.54, 1.807) is 45.0 Å². The van der Waals surface area contributed by atoms with Crippen LogP contribution in [-0.4, -0.2) is 115 Å². The molecular weight excluding hydrogens is 825 g/mol. The summed E-state index contributed by atoms with van der Waals surface area (Å²) in [7, 11) is -2.44. The molecule has 3 aromatic rings. The highest BCUT2D eigenvalue weighted by atomic mass is 32.2. The van der Waals surface area contributed by atoms with Crippen molar-refractivity contribution in [1.82, 2.24) is 30.6 Å². The Hall–Kier alpha value is -6.24. The number of benzene rings is 2. The monoisotopic (exact) mass is 874 g/mol. The molecular formula is C43H50N6O12S. The lowest BCUT2D eigenvalue weighted by Gasteiger charge is -2.30. The highest BCUT2D eigenvalue weighted by Gasteiger charge is 2.62. The molecule has 2 aromatic carbocycles. The number of pyridine rings is 1. The van der Waals surface area contributed by atoms with Gasteiger partial charge in [0, 0.05) is 41.8 Å². The van der Waals surface area contributed by atoms with Gasteiger partial charge in [-0.2, -0.15) is 0 Å². The molecule has 4 aliphatic rings. The Bertz CT molecular complexity index is 2400. The highest BCUT2D eigenvalue weighted by molar-refractivity contribution is 7.91. The van der Waals surface area contributed by atoms with Crippen molar-refractivity contribution in [1.29, 1.82) is 0 Å². The molecule has 18 nitrogen and oxygen atoms in total. The first kappa shape index (κ1) is 43.8. The number of nitrogens with zero attached hydrogens (tertiary/aromatic N) is 2. The smallest absolute Gasteiger partial charge is 0.408 e. The standard InChI is InChI=1S/C43H50N6O12S/c1-6-25-21-43(25,40(54)48-62(56,57)28-13-14-28)47-37(51)34-19-27(60-35-20-31(24-10-8-7-9-11-24)44-32-18-26(58-5)12-15-29(32)35)22-49(34)38(52)30(46-41(55)61-42(2,3)4)16-17-36(50)45-33-23-59-39(33)53/h6-12,15,18,20,25,27-28,30,33-34H,1,13-14,16-17,19,21-23H2,2-5H3,(H,45,50)(H,46,55)(H,47,51)(H,48,54)/t25-,27?,30+,33+,34+,43-/m1/s1. The molecule has 62 heavy (non-hydrogen) atoms. The van der Waals surface area contributed by atoms with Gasteiger partial charge in [0.1, 0.15) is 47.4 Å². The van der Waals surface area contributed by atoms with Crippen molar-refractivity contribution in [3.63, 3.8) is 0 Å². The second kappa shape index (κ2) is 17.3. The van der Waals surface area contributed by atoms with Gasteiger partial charge in [-0.3, -0.25) is 23.9 Å². The molecule has 5 amide bonds. The van der Waals surface area contributed by atoms with Crippen LogP contribution < -0.4 is 30.1 Å². The second-order valence-electron chi connectivity index (χ2n) is 16.9. The van der Waals surface area contributed by atoms with E-state index in [-0.39, 0.29) is 38.8 Å². The zero-order chi connectivity index (χ0) is 44.6. The van der Waals surface area contributed by atoms with Crippen molar-refractivity contribution >= 4 is 56.6 Å². The number of esters is 1. The molecule has 2 saturated carbocycles. The summed E-state index contributed by atoms with van der Waals surface area (Å²) in [5, 5.41) is 7.75. The molecule has 3 heterocycles. The fourth-order valence-corrected chi connectivity index (χ4v) is 8.88. The minimum absolute atomic E-state index is 0.000927. The molecule has 2 aliphatic heterocycles. The molecule has 4 N–H and O–H groups in total. The van der Waals surface area contributed by atoms with Crippen molar-refractivity contribution in [3.05, 3.63) is 67.3 Å². The van der Waals surface area contributed by atoms with Gasteiger partial charge in [-0.05, 0) is 58.6 Å². The predicted molar refractivity (Wildman–Crippen MR) is 223 cm³/mol. The number of ether oxygens (including phenoxy) is 4. The molecule has 0 radical (unpaired) electrons. The average molecular weight is 875 g/mol. The number of amides is 5. The molecule has 1 unspecified atom stereocenters. The number of cyclic esters (lactones) is 1. The largest absolute Gasteiger partial charge is 0.497 e. The Morgan fingerprint density at radius 1 is 1.08 bits per heavy atom. The molecule has 0 spiro atoms. The van der Waals surface area contributed by atoms with Gasteiger partial charge >= 0.3 is 12.1 Å². The summed E-state index contributed by atoms with van der Waals surface area (Å²) in [5.41, 5.74) is -0.693. The van der Waals surface area contributed by atoms with Crippen molar-refractivity contribution in [2.45, 2.75) is 99.9 Å². The number of hydrogen-bond donors (Lipinski definition) is 4. The number of alkyl carbamates (subject to hydrolysis) is 1. The van der Waals surface area contributed by atoms with Crippen LogP contribution in [0.5, 0.6) is 11.5 Å². The van der Waals surface area contributed by atoms with E-state index in [4.69, 9.17) is 23.9 Å². The number of carbonyl (C=O) groups excluding carboxylic acids is 6.